The minimum absolute atomic E-state index is 0.0304. The van der Waals surface area contributed by atoms with Gasteiger partial charge in [0.15, 0.2) is 0 Å². The van der Waals surface area contributed by atoms with Crippen LogP contribution in [-0.2, 0) is 11.2 Å². The van der Waals surface area contributed by atoms with Crippen molar-refractivity contribution in [2.24, 2.45) is 0 Å². The Morgan fingerprint density at radius 3 is 2.93 bits per heavy atom. The predicted octanol–water partition coefficient (Wildman–Crippen LogP) is 2.10. The fourth-order valence-corrected chi connectivity index (χ4v) is 5.43. The van der Waals surface area contributed by atoms with E-state index in [1.165, 1.54) is 0 Å². The highest BCUT2D eigenvalue weighted by atomic mass is 31.1. The number of fused-ring (bicyclic) bond motifs is 2. The predicted molar refractivity (Wildman–Crippen MR) is 116 cm³/mol. The summed E-state index contributed by atoms with van der Waals surface area (Å²) in [5, 5.41) is 9.14. The zero-order chi connectivity index (χ0) is 20.0. The fraction of sp³-hybridized carbons (Fsp3) is 0.381. The number of nitrogens with one attached hydrogen (secondary N) is 1. The number of hydrogen-bond acceptors (Lipinski definition) is 5. The van der Waals surface area contributed by atoms with E-state index in [4.69, 9.17) is 5.10 Å². The Balaban J connectivity index is 1.45. The van der Waals surface area contributed by atoms with Crippen molar-refractivity contribution in [2.45, 2.75) is 26.1 Å². The first kappa shape index (κ1) is 18.5. The van der Waals surface area contributed by atoms with Crippen LogP contribution in [-0.4, -0.2) is 62.3 Å². The topological polar surface area (TPSA) is 65.8 Å². The Hall–Kier alpha value is -2.50. The molecule has 1 saturated heterocycles. The lowest BCUT2D eigenvalue weighted by atomic mass is 10.2. The van der Waals surface area contributed by atoms with Crippen molar-refractivity contribution in [3.63, 3.8) is 0 Å². The van der Waals surface area contributed by atoms with E-state index in [0.29, 0.717) is 8.58 Å². The van der Waals surface area contributed by atoms with Gasteiger partial charge in [0, 0.05) is 43.8 Å². The highest BCUT2D eigenvalue weighted by molar-refractivity contribution is 7.51. The van der Waals surface area contributed by atoms with Crippen LogP contribution >= 0.6 is 8.58 Å². The van der Waals surface area contributed by atoms with E-state index in [1.807, 2.05) is 28.7 Å². The SMILES string of the molecule is CCc1nc(C)cn2nc(C3=CC(=O)N4C=C(N5CCNCC5)C=CC4P3)cc12. The lowest BCUT2D eigenvalue weighted by Gasteiger charge is -2.37. The van der Waals surface area contributed by atoms with Gasteiger partial charge in [0.25, 0.3) is 5.91 Å². The number of aromatic nitrogens is 3. The molecule has 3 aliphatic rings. The summed E-state index contributed by atoms with van der Waals surface area (Å²) in [6, 6.07) is 2.07. The number of hydrogen-bond donors (Lipinski definition) is 1. The molecular weight excluding hydrogens is 383 g/mol. The molecular formula is C21H25N6OP. The third kappa shape index (κ3) is 3.38. The van der Waals surface area contributed by atoms with Gasteiger partial charge in [-0.2, -0.15) is 5.10 Å². The number of amides is 1. The molecule has 2 atom stereocenters. The summed E-state index contributed by atoms with van der Waals surface area (Å²) in [7, 11) is 0.472. The molecule has 7 nitrogen and oxygen atoms in total. The van der Waals surface area contributed by atoms with Gasteiger partial charge in [-0.3, -0.25) is 9.78 Å². The smallest absolute Gasteiger partial charge is 0.252 e. The second-order valence-corrected chi connectivity index (χ2v) is 9.00. The zero-order valence-electron chi connectivity index (χ0n) is 16.7. The molecule has 2 aromatic rings. The first-order valence-corrected chi connectivity index (χ1v) is 11.2. The lowest BCUT2D eigenvalue weighted by molar-refractivity contribution is -0.123. The first-order chi connectivity index (χ1) is 14.1. The van der Waals surface area contributed by atoms with Crippen molar-refractivity contribution in [1.82, 2.24) is 29.7 Å². The molecule has 1 fully saturated rings. The minimum atomic E-state index is 0.0304. The van der Waals surface area contributed by atoms with Crippen LogP contribution in [0.2, 0.25) is 0 Å². The van der Waals surface area contributed by atoms with E-state index in [0.717, 1.165) is 66.2 Å². The van der Waals surface area contributed by atoms with Crippen LogP contribution < -0.4 is 5.32 Å². The molecule has 0 bridgehead atoms. The second-order valence-electron chi connectivity index (χ2n) is 7.58. The third-order valence-corrected chi connectivity index (χ3v) is 7.07. The molecule has 0 aliphatic carbocycles. The van der Waals surface area contributed by atoms with Gasteiger partial charge in [-0.1, -0.05) is 21.6 Å². The molecule has 5 rings (SSSR count). The average molecular weight is 408 g/mol. The molecule has 1 N–H and O–H groups in total. The van der Waals surface area contributed by atoms with Crippen LogP contribution in [0.5, 0.6) is 0 Å². The van der Waals surface area contributed by atoms with Crippen molar-refractivity contribution in [1.29, 1.82) is 0 Å². The molecule has 0 spiro atoms. The maximum atomic E-state index is 12.9. The summed E-state index contributed by atoms with van der Waals surface area (Å²) >= 11 is 0. The molecule has 2 unspecified atom stereocenters. The largest absolute Gasteiger partial charge is 0.368 e. The molecule has 1 amide bonds. The molecule has 150 valence electrons. The summed E-state index contributed by atoms with van der Waals surface area (Å²) in [5.41, 5.74) is 5.02. The number of carbonyl (C=O) groups is 1. The number of nitrogens with zero attached hydrogens (tertiary/aromatic N) is 5. The van der Waals surface area contributed by atoms with Gasteiger partial charge in [-0.15, -0.1) is 0 Å². The maximum absolute atomic E-state index is 12.9. The Morgan fingerprint density at radius 1 is 1.31 bits per heavy atom. The van der Waals surface area contributed by atoms with E-state index in [1.54, 1.807) is 6.08 Å². The molecule has 2 aromatic heterocycles. The van der Waals surface area contributed by atoms with Gasteiger partial charge < -0.3 is 15.1 Å². The average Bonchev–Trinajstić information content (AvgIpc) is 3.17. The number of piperazine rings is 1. The van der Waals surface area contributed by atoms with Gasteiger partial charge in [0.1, 0.15) is 0 Å². The van der Waals surface area contributed by atoms with E-state index in [9.17, 15) is 4.79 Å². The molecule has 8 heteroatoms. The molecule has 0 aromatic carbocycles. The molecule has 29 heavy (non-hydrogen) atoms. The number of allylic oxidation sites excluding steroid dienone is 1. The Kier molecular flexibility index (Phi) is 4.72. The quantitative estimate of drug-likeness (QED) is 0.788. The summed E-state index contributed by atoms with van der Waals surface area (Å²) in [6.07, 6.45) is 10.9. The molecule has 0 radical (unpaired) electrons. The number of rotatable bonds is 3. The third-order valence-electron chi connectivity index (χ3n) is 5.59. The van der Waals surface area contributed by atoms with E-state index in [-0.39, 0.29) is 11.7 Å². The van der Waals surface area contributed by atoms with Crippen molar-refractivity contribution >= 4 is 25.3 Å². The van der Waals surface area contributed by atoms with Crippen LogP contribution in [0.15, 0.2) is 42.4 Å². The summed E-state index contributed by atoms with van der Waals surface area (Å²) < 4.78 is 1.90. The number of carbonyl (C=O) groups excluding carboxylic acids is 1. The lowest BCUT2D eigenvalue weighted by Crippen LogP contribution is -2.44. The Labute approximate surface area is 171 Å². The summed E-state index contributed by atoms with van der Waals surface area (Å²) in [5.74, 6) is 0.104. The van der Waals surface area contributed by atoms with E-state index < -0.39 is 0 Å². The van der Waals surface area contributed by atoms with Gasteiger partial charge >= 0.3 is 0 Å². The van der Waals surface area contributed by atoms with Crippen molar-refractivity contribution in [3.05, 3.63) is 59.5 Å². The van der Waals surface area contributed by atoms with Crippen molar-refractivity contribution < 1.29 is 4.79 Å². The number of aryl methyl sites for hydroxylation is 2. The fourth-order valence-electron chi connectivity index (χ4n) is 4.10. The van der Waals surface area contributed by atoms with Gasteiger partial charge in [0.05, 0.1) is 40.3 Å². The maximum Gasteiger partial charge on any atom is 0.252 e. The Morgan fingerprint density at radius 2 is 2.14 bits per heavy atom. The van der Waals surface area contributed by atoms with Crippen LogP contribution in [0.3, 0.4) is 0 Å². The summed E-state index contributed by atoms with van der Waals surface area (Å²) in [6.45, 7) is 8.00. The Bertz CT molecular complexity index is 1060. The van der Waals surface area contributed by atoms with Crippen LogP contribution in [0.1, 0.15) is 24.0 Å². The van der Waals surface area contributed by atoms with Gasteiger partial charge in [-0.05, 0) is 25.5 Å². The minimum Gasteiger partial charge on any atom is -0.368 e. The van der Waals surface area contributed by atoms with Gasteiger partial charge in [-0.25, -0.2) is 4.52 Å². The van der Waals surface area contributed by atoms with Crippen LogP contribution in [0.25, 0.3) is 10.8 Å². The molecule has 0 saturated carbocycles. The molecule has 5 heterocycles. The van der Waals surface area contributed by atoms with E-state index in [2.05, 4.69) is 40.3 Å². The summed E-state index contributed by atoms with van der Waals surface area (Å²) in [4.78, 5) is 21.8. The highest BCUT2D eigenvalue weighted by Crippen LogP contribution is 2.44. The highest BCUT2D eigenvalue weighted by Gasteiger charge is 2.30. The van der Waals surface area contributed by atoms with Crippen molar-refractivity contribution in [2.75, 3.05) is 26.2 Å². The molecule has 3 aliphatic heterocycles. The normalized spacial score (nSPS) is 22.8. The van der Waals surface area contributed by atoms with Crippen molar-refractivity contribution in [3.8, 4) is 0 Å². The standard InChI is InChI=1S/C21H25N6OP/c1-3-16-18-10-17(24-27(18)12-14(2)23-16)19-11-20(28)26-13-15(4-5-21(26)29-19)25-8-6-22-7-9-25/h4-5,10-13,21-22,29H,3,6-9H2,1-2H3. The zero-order valence-corrected chi connectivity index (χ0v) is 17.7. The van der Waals surface area contributed by atoms with Crippen LogP contribution in [0, 0.1) is 6.92 Å². The van der Waals surface area contributed by atoms with Crippen LogP contribution in [0.4, 0.5) is 0 Å². The monoisotopic (exact) mass is 408 g/mol. The van der Waals surface area contributed by atoms with Gasteiger partial charge in [0.2, 0.25) is 0 Å². The first-order valence-electron chi connectivity index (χ1n) is 10.1. The second kappa shape index (κ2) is 7.39. The van der Waals surface area contributed by atoms with E-state index >= 15 is 0 Å².